The monoisotopic (exact) mass is 305 g/mol. The molecule has 2 aromatic carbocycles. The molecule has 0 fully saturated rings. The SMILES string of the molecule is CC(C)(C)c1ccc(/C=C/C(=O)N2CCc3ccccc32)cc1. The Hall–Kier alpha value is -2.35. The van der Waals surface area contributed by atoms with Gasteiger partial charge in [0, 0.05) is 18.3 Å². The standard InChI is InChI=1S/C21H23NO/c1-21(2,3)18-11-8-16(9-12-18)10-13-20(23)22-15-14-17-6-4-5-7-19(17)22/h4-13H,14-15H2,1-3H3/b13-10+. The highest BCUT2D eigenvalue weighted by molar-refractivity contribution is 6.05. The van der Waals surface area contributed by atoms with Crippen LogP contribution >= 0.6 is 0 Å². The van der Waals surface area contributed by atoms with E-state index in [-0.39, 0.29) is 11.3 Å². The fourth-order valence-corrected chi connectivity index (χ4v) is 2.92. The van der Waals surface area contributed by atoms with Crippen LogP contribution in [0.15, 0.2) is 54.6 Å². The maximum Gasteiger partial charge on any atom is 0.251 e. The molecule has 3 rings (SSSR count). The lowest BCUT2D eigenvalue weighted by Crippen LogP contribution is -2.26. The summed E-state index contributed by atoms with van der Waals surface area (Å²) < 4.78 is 0. The molecule has 0 N–H and O–H groups in total. The molecule has 1 aliphatic heterocycles. The largest absolute Gasteiger partial charge is 0.308 e. The Morgan fingerprint density at radius 3 is 2.43 bits per heavy atom. The van der Waals surface area contributed by atoms with Gasteiger partial charge in [0.2, 0.25) is 0 Å². The van der Waals surface area contributed by atoms with Crippen LogP contribution in [0.5, 0.6) is 0 Å². The summed E-state index contributed by atoms with van der Waals surface area (Å²) in [6.07, 6.45) is 4.51. The van der Waals surface area contributed by atoms with Crippen molar-refractivity contribution in [1.82, 2.24) is 0 Å². The molecule has 0 saturated heterocycles. The third kappa shape index (κ3) is 3.37. The van der Waals surface area contributed by atoms with Gasteiger partial charge in [0.1, 0.15) is 0 Å². The molecule has 0 unspecified atom stereocenters. The predicted molar refractivity (Wildman–Crippen MR) is 96.7 cm³/mol. The van der Waals surface area contributed by atoms with Crippen molar-refractivity contribution in [3.8, 4) is 0 Å². The van der Waals surface area contributed by atoms with Crippen LogP contribution in [0.25, 0.3) is 6.08 Å². The summed E-state index contributed by atoms with van der Waals surface area (Å²) in [6, 6.07) is 16.5. The van der Waals surface area contributed by atoms with Crippen LogP contribution in [-0.2, 0) is 16.6 Å². The van der Waals surface area contributed by atoms with Crippen LogP contribution in [0.3, 0.4) is 0 Å². The average Bonchev–Trinajstić information content (AvgIpc) is 2.96. The summed E-state index contributed by atoms with van der Waals surface area (Å²) in [4.78, 5) is 14.3. The van der Waals surface area contributed by atoms with Crippen molar-refractivity contribution in [3.63, 3.8) is 0 Å². The summed E-state index contributed by atoms with van der Waals surface area (Å²) >= 11 is 0. The van der Waals surface area contributed by atoms with E-state index in [1.54, 1.807) is 6.08 Å². The molecule has 1 amide bonds. The minimum Gasteiger partial charge on any atom is -0.308 e. The number of anilines is 1. The highest BCUT2D eigenvalue weighted by Gasteiger charge is 2.22. The van der Waals surface area contributed by atoms with Gasteiger partial charge in [0.25, 0.3) is 5.91 Å². The Balaban J connectivity index is 1.72. The van der Waals surface area contributed by atoms with Crippen molar-refractivity contribution in [2.75, 3.05) is 11.4 Å². The second-order valence-corrected chi connectivity index (χ2v) is 7.07. The lowest BCUT2D eigenvalue weighted by atomic mass is 9.87. The molecule has 0 saturated carbocycles. The number of benzene rings is 2. The highest BCUT2D eigenvalue weighted by atomic mass is 16.2. The van der Waals surface area contributed by atoms with Crippen LogP contribution in [0, 0.1) is 0 Å². The van der Waals surface area contributed by atoms with Gasteiger partial charge >= 0.3 is 0 Å². The first-order valence-electron chi connectivity index (χ1n) is 8.13. The van der Waals surface area contributed by atoms with Crippen LogP contribution in [-0.4, -0.2) is 12.5 Å². The minimum atomic E-state index is 0.0508. The first-order valence-corrected chi connectivity index (χ1v) is 8.13. The fraction of sp³-hybridized carbons (Fsp3) is 0.286. The van der Waals surface area contributed by atoms with Crippen LogP contribution in [0.2, 0.25) is 0 Å². The van der Waals surface area contributed by atoms with Crippen molar-refractivity contribution in [3.05, 3.63) is 71.3 Å². The predicted octanol–water partition coefficient (Wildman–Crippen LogP) is 4.59. The van der Waals surface area contributed by atoms with Gasteiger partial charge < -0.3 is 4.90 Å². The molecule has 118 valence electrons. The molecule has 0 atom stereocenters. The Labute approximate surface area is 138 Å². The summed E-state index contributed by atoms with van der Waals surface area (Å²) in [6.45, 7) is 7.37. The lowest BCUT2D eigenvalue weighted by molar-refractivity contribution is -0.114. The third-order valence-electron chi connectivity index (χ3n) is 4.35. The van der Waals surface area contributed by atoms with Gasteiger partial charge in [-0.1, -0.05) is 63.2 Å². The zero-order valence-electron chi connectivity index (χ0n) is 14.0. The quantitative estimate of drug-likeness (QED) is 0.743. The van der Waals surface area contributed by atoms with Crippen molar-refractivity contribution < 1.29 is 4.79 Å². The summed E-state index contributed by atoms with van der Waals surface area (Å²) in [5, 5.41) is 0. The average molecular weight is 305 g/mol. The number of nitrogens with zero attached hydrogens (tertiary/aromatic N) is 1. The van der Waals surface area contributed by atoms with E-state index < -0.39 is 0 Å². The summed E-state index contributed by atoms with van der Waals surface area (Å²) in [7, 11) is 0. The molecular formula is C21H23NO. The number of para-hydroxylation sites is 1. The molecule has 1 aliphatic rings. The maximum absolute atomic E-state index is 12.4. The maximum atomic E-state index is 12.4. The van der Waals surface area contributed by atoms with Gasteiger partial charge in [0.15, 0.2) is 0 Å². The number of fused-ring (bicyclic) bond motifs is 1. The van der Waals surface area contributed by atoms with Crippen LogP contribution in [0.4, 0.5) is 5.69 Å². The van der Waals surface area contributed by atoms with E-state index >= 15 is 0 Å². The first kappa shape index (κ1) is 15.5. The number of hydrogen-bond donors (Lipinski definition) is 0. The second-order valence-electron chi connectivity index (χ2n) is 7.07. The number of rotatable bonds is 2. The van der Waals surface area contributed by atoms with Gasteiger partial charge in [-0.05, 0) is 40.7 Å². The highest BCUT2D eigenvalue weighted by Crippen LogP contribution is 2.27. The lowest BCUT2D eigenvalue weighted by Gasteiger charge is -2.18. The van der Waals surface area contributed by atoms with E-state index in [1.165, 1.54) is 11.1 Å². The van der Waals surface area contributed by atoms with Crippen LogP contribution < -0.4 is 4.90 Å². The van der Waals surface area contributed by atoms with Gasteiger partial charge in [-0.3, -0.25) is 4.79 Å². The molecule has 0 aliphatic carbocycles. The van der Waals surface area contributed by atoms with Gasteiger partial charge in [-0.15, -0.1) is 0 Å². The normalized spacial score (nSPS) is 14.3. The van der Waals surface area contributed by atoms with E-state index in [0.717, 1.165) is 24.2 Å². The molecule has 0 radical (unpaired) electrons. The minimum absolute atomic E-state index is 0.0508. The molecule has 0 spiro atoms. The molecule has 0 aromatic heterocycles. The Kier molecular flexibility index (Phi) is 4.08. The fourth-order valence-electron chi connectivity index (χ4n) is 2.92. The number of amides is 1. The smallest absolute Gasteiger partial charge is 0.251 e. The molecule has 1 heterocycles. The summed E-state index contributed by atoms with van der Waals surface area (Å²) in [5.74, 6) is 0.0508. The molecule has 0 bridgehead atoms. The number of hydrogen-bond acceptors (Lipinski definition) is 1. The van der Waals surface area contributed by atoms with Gasteiger partial charge in [-0.2, -0.15) is 0 Å². The molecule has 2 aromatic rings. The zero-order chi connectivity index (χ0) is 16.4. The van der Waals surface area contributed by atoms with Crippen molar-refractivity contribution >= 4 is 17.7 Å². The second kappa shape index (κ2) is 6.04. The van der Waals surface area contributed by atoms with E-state index in [0.29, 0.717) is 0 Å². The molecule has 23 heavy (non-hydrogen) atoms. The Morgan fingerprint density at radius 1 is 1.04 bits per heavy atom. The topological polar surface area (TPSA) is 20.3 Å². The van der Waals surface area contributed by atoms with E-state index in [2.05, 4.69) is 51.1 Å². The molecular weight excluding hydrogens is 282 g/mol. The Morgan fingerprint density at radius 2 is 1.74 bits per heavy atom. The van der Waals surface area contributed by atoms with E-state index in [4.69, 9.17) is 0 Å². The third-order valence-corrected chi connectivity index (χ3v) is 4.35. The van der Waals surface area contributed by atoms with Crippen molar-refractivity contribution in [2.24, 2.45) is 0 Å². The zero-order valence-corrected chi connectivity index (χ0v) is 14.0. The van der Waals surface area contributed by atoms with Gasteiger partial charge in [0.05, 0.1) is 0 Å². The van der Waals surface area contributed by atoms with Gasteiger partial charge in [-0.25, -0.2) is 0 Å². The van der Waals surface area contributed by atoms with E-state index in [1.807, 2.05) is 29.2 Å². The molecule has 2 nitrogen and oxygen atoms in total. The summed E-state index contributed by atoms with van der Waals surface area (Å²) in [5.41, 5.74) is 4.81. The molecule has 2 heteroatoms. The number of carbonyl (C=O) groups excluding carboxylic acids is 1. The van der Waals surface area contributed by atoms with E-state index in [9.17, 15) is 4.79 Å². The van der Waals surface area contributed by atoms with Crippen molar-refractivity contribution in [1.29, 1.82) is 0 Å². The first-order chi connectivity index (χ1) is 10.9. The Bertz CT molecular complexity index is 735. The van der Waals surface area contributed by atoms with Crippen molar-refractivity contribution in [2.45, 2.75) is 32.6 Å². The van der Waals surface area contributed by atoms with Crippen LogP contribution in [0.1, 0.15) is 37.5 Å². The number of carbonyl (C=O) groups is 1.